The highest BCUT2D eigenvalue weighted by atomic mass is 16.4. The number of carboxylic acid groups (broad SMARTS) is 1. The van der Waals surface area contributed by atoms with Crippen LogP contribution in [-0.4, -0.2) is 22.6 Å². The van der Waals surface area contributed by atoms with E-state index in [0.29, 0.717) is 24.5 Å². The number of anilines is 1. The molecule has 2 N–H and O–H groups in total. The Morgan fingerprint density at radius 3 is 3.06 bits per heavy atom. The third-order valence-electron chi connectivity index (χ3n) is 2.35. The smallest absolute Gasteiger partial charge is 0.303 e. The van der Waals surface area contributed by atoms with Gasteiger partial charge in [-0.2, -0.15) is 5.26 Å². The number of aliphatic carboxylic acids is 1. The molecule has 0 saturated carbocycles. The Labute approximate surface area is 100 Å². The summed E-state index contributed by atoms with van der Waals surface area (Å²) >= 11 is 0. The lowest BCUT2D eigenvalue weighted by atomic mass is 10.1. The summed E-state index contributed by atoms with van der Waals surface area (Å²) in [5.74, 6) is 0.117. The molecule has 1 atom stereocenters. The van der Waals surface area contributed by atoms with E-state index >= 15 is 0 Å². The lowest BCUT2D eigenvalue weighted by Gasteiger charge is -2.11. The number of nitrogens with one attached hydrogen (secondary N) is 1. The molecule has 1 aromatic rings. The van der Waals surface area contributed by atoms with Gasteiger partial charge < -0.3 is 10.4 Å². The zero-order valence-electron chi connectivity index (χ0n) is 9.68. The summed E-state index contributed by atoms with van der Waals surface area (Å²) in [4.78, 5) is 14.5. The van der Waals surface area contributed by atoms with Crippen molar-refractivity contribution in [2.24, 2.45) is 5.92 Å². The van der Waals surface area contributed by atoms with Gasteiger partial charge in [-0.25, -0.2) is 4.98 Å². The molecule has 0 aromatic carbocycles. The summed E-state index contributed by atoms with van der Waals surface area (Å²) in [6, 6.07) is 7.15. The summed E-state index contributed by atoms with van der Waals surface area (Å²) in [7, 11) is 0. The molecule has 0 aliphatic rings. The molecule has 0 radical (unpaired) electrons. The van der Waals surface area contributed by atoms with Crippen LogP contribution in [0.3, 0.4) is 0 Å². The van der Waals surface area contributed by atoms with Crippen molar-refractivity contribution in [3.63, 3.8) is 0 Å². The number of pyridine rings is 1. The average Bonchev–Trinajstić information content (AvgIpc) is 2.34. The van der Waals surface area contributed by atoms with Gasteiger partial charge in [0.1, 0.15) is 17.6 Å². The molecule has 0 saturated heterocycles. The predicted octanol–water partition coefficient (Wildman–Crippen LogP) is 1.87. The van der Waals surface area contributed by atoms with Gasteiger partial charge in [0.25, 0.3) is 0 Å². The average molecular weight is 233 g/mol. The maximum Gasteiger partial charge on any atom is 0.303 e. The number of nitriles is 1. The van der Waals surface area contributed by atoms with Crippen LogP contribution in [0, 0.1) is 17.2 Å². The van der Waals surface area contributed by atoms with Gasteiger partial charge >= 0.3 is 5.97 Å². The quantitative estimate of drug-likeness (QED) is 0.783. The number of hydrogen-bond donors (Lipinski definition) is 2. The summed E-state index contributed by atoms with van der Waals surface area (Å²) in [5.41, 5.74) is 0.369. The first kappa shape index (κ1) is 13.0. The van der Waals surface area contributed by atoms with E-state index in [2.05, 4.69) is 10.3 Å². The molecule has 17 heavy (non-hydrogen) atoms. The lowest BCUT2D eigenvalue weighted by molar-refractivity contribution is -0.137. The molecule has 0 bridgehead atoms. The molecule has 0 fully saturated rings. The van der Waals surface area contributed by atoms with Gasteiger partial charge in [0.05, 0.1) is 0 Å². The zero-order chi connectivity index (χ0) is 12.7. The van der Waals surface area contributed by atoms with Crippen molar-refractivity contribution < 1.29 is 9.90 Å². The third-order valence-corrected chi connectivity index (χ3v) is 2.35. The maximum atomic E-state index is 10.4. The van der Waals surface area contributed by atoms with Crippen LogP contribution in [0.4, 0.5) is 5.82 Å². The topological polar surface area (TPSA) is 86.0 Å². The zero-order valence-corrected chi connectivity index (χ0v) is 9.68. The maximum absolute atomic E-state index is 10.4. The van der Waals surface area contributed by atoms with Crippen LogP contribution in [0.5, 0.6) is 0 Å². The van der Waals surface area contributed by atoms with E-state index in [1.165, 1.54) is 0 Å². The number of carbonyl (C=O) groups is 1. The Morgan fingerprint density at radius 1 is 1.65 bits per heavy atom. The molecule has 1 aromatic heterocycles. The fourth-order valence-electron chi connectivity index (χ4n) is 1.35. The number of carboxylic acids is 1. The minimum absolute atomic E-state index is 0.175. The second kappa shape index (κ2) is 6.48. The first-order valence-corrected chi connectivity index (χ1v) is 5.44. The number of aromatic nitrogens is 1. The first-order valence-electron chi connectivity index (χ1n) is 5.44. The SMILES string of the molecule is CC(CCC(=O)O)CNc1cccc(C#N)n1. The predicted molar refractivity (Wildman–Crippen MR) is 63.5 cm³/mol. The Morgan fingerprint density at radius 2 is 2.41 bits per heavy atom. The van der Waals surface area contributed by atoms with Crippen LogP contribution in [0.25, 0.3) is 0 Å². The van der Waals surface area contributed by atoms with E-state index in [4.69, 9.17) is 10.4 Å². The van der Waals surface area contributed by atoms with Crippen LogP contribution in [0.15, 0.2) is 18.2 Å². The van der Waals surface area contributed by atoms with Crippen LogP contribution in [0.2, 0.25) is 0 Å². The molecule has 1 rings (SSSR count). The highest BCUT2D eigenvalue weighted by Gasteiger charge is 2.05. The van der Waals surface area contributed by atoms with E-state index in [1.807, 2.05) is 13.0 Å². The third kappa shape index (κ3) is 4.98. The minimum atomic E-state index is -0.776. The Bertz CT molecular complexity index is 426. The van der Waals surface area contributed by atoms with E-state index in [9.17, 15) is 4.79 Å². The first-order chi connectivity index (χ1) is 8.11. The summed E-state index contributed by atoms with van der Waals surface area (Å²) in [6.45, 7) is 2.62. The van der Waals surface area contributed by atoms with Crippen molar-refractivity contribution in [2.75, 3.05) is 11.9 Å². The summed E-state index contributed by atoms with van der Waals surface area (Å²) < 4.78 is 0. The standard InChI is InChI=1S/C12H15N3O2/c1-9(5-6-12(16)17)8-14-11-4-2-3-10(7-13)15-11/h2-4,9H,5-6,8H2,1H3,(H,14,15)(H,16,17). The van der Waals surface area contributed by atoms with Crippen molar-refractivity contribution in [1.82, 2.24) is 4.98 Å². The molecule has 0 amide bonds. The molecule has 0 aliphatic carbocycles. The fraction of sp³-hybridized carbons (Fsp3) is 0.417. The van der Waals surface area contributed by atoms with E-state index in [1.54, 1.807) is 18.2 Å². The number of hydrogen-bond acceptors (Lipinski definition) is 4. The molecule has 0 aliphatic heterocycles. The van der Waals surface area contributed by atoms with Gasteiger partial charge in [0, 0.05) is 13.0 Å². The van der Waals surface area contributed by atoms with E-state index in [0.717, 1.165) is 0 Å². The minimum Gasteiger partial charge on any atom is -0.481 e. The summed E-state index contributed by atoms with van der Waals surface area (Å²) in [5, 5.41) is 20.3. The number of nitrogens with zero attached hydrogens (tertiary/aromatic N) is 2. The van der Waals surface area contributed by atoms with Gasteiger partial charge in [-0.3, -0.25) is 4.79 Å². The van der Waals surface area contributed by atoms with E-state index in [-0.39, 0.29) is 12.3 Å². The van der Waals surface area contributed by atoms with Gasteiger partial charge in [-0.15, -0.1) is 0 Å². The molecule has 0 spiro atoms. The molecular weight excluding hydrogens is 218 g/mol. The number of rotatable bonds is 6. The van der Waals surface area contributed by atoms with Crippen LogP contribution >= 0.6 is 0 Å². The Hall–Kier alpha value is -2.09. The van der Waals surface area contributed by atoms with E-state index < -0.39 is 5.97 Å². The lowest BCUT2D eigenvalue weighted by Crippen LogP contribution is -2.13. The second-order valence-electron chi connectivity index (χ2n) is 3.94. The fourth-order valence-corrected chi connectivity index (χ4v) is 1.35. The normalized spacial score (nSPS) is 11.5. The molecule has 5 heteroatoms. The van der Waals surface area contributed by atoms with Gasteiger partial charge in [0.2, 0.25) is 0 Å². The van der Waals surface area contributed by atoms with Gasteiger partial charge in [0.15, 0.2) is 0 Å². The largest absolute Gasteiger partial charge is 0.481 e. The van der Waals surface area contributed by atoms with Crippen LogP contribution < -0.4 is 5.32 Å². The van der Waals surface area contributed by atoms with Crippen molar-refractivity contribution in [2.45, 2.75) is 19.8 Å². The second-order valence-corrected chi connectivity index (χ2v) is 3.94. The molecular formula is C12H15N3O2. The summed E-state index contributed by atoms with van der Waals surface area (Å²) in [6.07, 6.45) is 0.800. The van der Waals surface area contributed by atoms with Crippen molar-refractivity contribution >= 4 is 11.8 Å². The Kier molecular flexibility index (Phi) is 4.95. The monoisotopic (exact) mass is 233 g/mol. The van der Waals surface area contributed by atoms with Crippen LogP contribution in [-0.2, 0) is 4.79 Å². The van der Waals surface area contributed by atoms with Crippen LogP contribution in [0.1, 0.15) is 25.5 Å². The van der Waals surface area contributed by atoms with Crippen molar-refractivity contribution in [3.8, 4) is 6.07 Å². The van der Waals surface area contributed by atoms with Gasteiger partial charge in [-0.05, 0) is 24.5 Å². The highest BCUT2D eigenvalue weighted by Crippen LogP contribution is 2.09. The Balaban J connectivity index is 2.39. The van der Waals surface area contributed by atoms with Crippen molar-refractivity contribution in [3.05, 3.63) is 23.9 Å². The highest BCUT2D eigenvalue weighted by molar-refractivity contribution is 5.66. The van der Waals surface area contributed by atoms with Gasteiger partial charge in [-0.1, -0.05) is 13.0 Å². The molecule has 1 heterocycles. The van der Waals surface area contributed by atoms with Crippen molar-refractivity contribution in [1.29, 1.82) is 5.26 Å². The molecule has 90 valence electrons. The molecule has 5 nitrogen and oxygen atoms in total. The molecule has 1 unspecified atom stereocenters.